The fraction of sp³-hybridized carbons (Fsp3) is 0.778. The predicted octanol–water partition coefficient (Wildman–Crippen LogP) is 0.687. The molecule has 0 unspecified atom stereocenters. The Kier molecular flexibility index (Phi) is 8.22. The van der Waals surface area contributed by atoms with Gasteiger partial charge in [-0.05, 0) is 27.2 Å². The largest absolute Gasteiger partial charge is 0.458 e. The molecule has 0 radical (unpaired) electrons. The molecule has 0 aromatic carbocycles. The molecule has 1 aliphatic rings. The van der Waals surface area contributed by atoms with E-state index in [4.69, 9.17) is 18.9 Å². The first-order valence-electron chi connectivity index (χ1n) is 8.96. The number of aliphatic hydroxyl groups excluding tert-OH is 1. The van der Waals surface area contributed by atoms with E-state index >= 15 is 0 Å². The van der Waals surface area contributed by atoms with Crippen molar-refractivity contribution < 1.29 is 43.2 Å². The van der Waals surface area contributed by atoms with Crippen molar-refractivity contribution in [3.8, 4) is 0 Å². The molecule has 1 amide bonds. The van der Waals surface area contributed by atoms with Gasteiger partial charge in [-0.1, -0.05) is 0 Å². The van der Waals surface area contributed by atoms with Crippen molar-refractivity contribution in [2.75, 3.05) is 6.61 Å². The summed E-state index contributed by atoms with van der Waals surface area (Å²) in [6.07, 6.45) is -4.06. The van der Waals surface area contributed by atoms with E-state index in [2.05, 4.69) is 5.32 Å². The predicted molar refractivity (Wildman–Crippen MR) is 95.0 cm³/mol. The molecule has 0 spiro atoms. The van der Waals surface area contributed by atoms with Crippen molar-refractivity contribution in [3.63, 3.8) is 0 Å². The molecule has 160 valence electrons. The van der Waals surface area contributed by atoms with Crippen LogP contribution in [-0.4, -0.2) is 65.7 Å². The summed E-state index contributed by atoms with van der Waals surface area (Å²) in [5.74, 6) is -2.70. The van der Waals surface area contributed by atoms with Gasteiger partial charge in [0.25, 0.3) is 0 Å². The topological polar surface area (TPSA) is 137 Å². The third-order valence-electron chi connectivity index (χ3n) is 3.91. The first-order valence-corrected chi connectivity index (χ1v) is 8.96. The summed E-state index contributed by atoms with van der Waals surface area (Å²) in [5.41, 5.74) is -0.762. The molecule has 28 heavy (non-hydrogen) atoms. The summed E-state index contributed by atoms with van der Waals surface area (Å²) >= 11 is 0. The van der Waals surface area contributed by atoms with E-state index in [9.17, 15) is 24.3 Å². The highest BCUT2D eigenvalue weighted by Crippen LogP contribution is 2.32. The van der Waals surface area contributed by atoms with Crippen LogP contribution in [-0.2, 0) is 33.3 Å². The molecule has 5 atom stereocenters. The fourth-order valence-corrected chi connectivity index (χ4v) is 3.08. The Morgan fingerprint density at radius 2 is 1.36 bits per heavy atom. The molecule has 2 N–H and O–H groups in total. The summed E-state index contributed by atoms with van der Waals surface area (Å²) in [7, 11) is 0. The van der Waals surface area contributed by atoms with Gasteiger partial charge in [-0.15, -0.1) is 0 Å². The molecule has 0 aliphatic heterocycles. The molecular weight excluding hydrogens is 374 g/mol. The quantitative estimate of drug-likeness (QED) is 0.501. The second kappa shape index (κ2) is 9.72. The van der Waals surface area contributed by atoms with Crippen LogP contribution in [0.2, 0.25) is 0 Å². The van der Waals surface area contributed by atoms with Crippen molar-refractivity contribution in [3.05, 3.63) is 0 Å². The molecule has 0 heterocycles. The third-order valence-corrected chi connectivity index (χ3v) is 3.91. The minimum Gasteiger partial charge on any atom is -0.458 e. The number of rotatable bonds is 5. The van der Waals surface area contributed by atoms with Crippen LogP contribution in [0.5, 0.6) is 0 Å². The summed E-state index contributed by atoms with van der Waals surface area (Å²) in [6, 6.07) is -0.841. The van der Waals surface area contributed by atoms with E-state index in [1.807, 2.05) is 0 Å². The van der Waals surface area contributed by atoms with Gasteiger partial charge in [-0.25, -0.2) is 4.79 Å². The van der Waals surface area contributed by atoms with Crippen molar-refractivity contribution >= 4 is 24.0 Å². The third kappa shape index (κ3) is 7.34. The van der Waals surface area contributed by atoms with Crippen molar-refractivity contribution in [1.29, 1.82) is 0 Å². The second-order valence-corrected chi connectivity index (χ2v) is 7.65. The van der Waals surface area contributed by atoms with Crippen LogP contribution in [0, 0.1) is 5.92 Å². The molecule has 0 bridgehead atoms. The standard InChI is InChI=1S/C18H29NO9/c1-9(21)25-14-12(8-20)7-13(19-17(24)28-18(4,5)6)15(26-10(2)22)16(14)27-11(3)23/h12-16,20H,7-8H2,1-6H3,(H,19,24)/t12-,13+,14-,15+,16+/m1/s1. The van der Waals surface area contributed by atoms with Crippen LogP contribution in [0.15, 0.2) is 0 Å². The summed E-state index contributed by atoms with van der Waals surface area (Å²) in [4.78, 5) is 46.9. The number of esters is 3. The second-order valence-electron chi connectivity index (χ2n) is 7.65. The van der Waals surface area contributed by atoms with Crippen LogP contribution in [0.3, 0.4) is 0 Å². The zero-order valence-corrected chi connectivity index (χ0v) is 17.0. The maximum absolute atomic E-state index is 12.2. The molecular formula is C18H29NO9. The Morgan fingerprint density at radius 1 is 0.893 bits per heavy atom. The van der Waals surface area contributed by atoms with Crippen molar-refractivity contribution in [2.45, 2.75) is 77.9 Å². The van der Waals surface area contributed by atoms with Crippen LogP contribution in [0.1, 0.15) is 48.0 Å². The van der Waals surface area contributed by atoms with Gasteiger partial charge in [0.2, 0.25) is 0 Å². The Balaban J connectivity index is 3.22. The fourth-order valence-electron chi connectivity index (χ4n) is 3.08. The van der Waals surface area contributed by atoms with E-state index in [0.29, 0.717) is 0 Å². The zero-order valence-electron chi connectivity index (χ0n) is 17.0. The number of carbonyl (C=O) groups excluding carboxylic acids is 4. The lowest BCUT2D eigenvalue weighted by atomic mass is 9.79. The average molecular weight is 403 g/mol. The number of hydrogen-bond donors (Lipinski definition) is 2. The molecule has 1 rings (SSSR count). The van der Waals surface area contributed by atoms with Gasteiger partial charge < -0.3 is 29.4 Å². The normalized spacial score (nSPS) is 27.3. The summed E-state index contributed by atoms with van der Waals surface area (Å²) < 4.78 is 21.0. The highest BCUT2D eigenvalue weighted by Gasteiger charge is 2.51. The Bertz CT molecular complexity index is 598. The van der Waals surface area contributed by atoms with Gasteiger partial charge in [-0.3, -0.25) is 14.4 Å². The zero-order chi connectivity index (χ0) is 21.6. The summed E-state index contributed by atoms with van der Waals surface area (Å²) in [6.45, 7) is 8.13. The van der Waals surface area contributed by atoms with E-state index in [1.165, 1.54) is 6.92 Å². The molecule has 10 heteroatoms. The van der Waals surface area contributed by atoms with Gasteiger partial charge in [0.1, 0.15) is 11.7 Å². The molecule has 0 aromatic heterocycles. The van der Waals surface area contributed by atoms with Crippen LogP contribution in [0.4, 0.5) is 4.79 Å². The lowest BCUT2D eigenvalue weighted by Crippen LogP contribution is -2.63. The maximum atomic E-state index is 12.2. The highest BCUT2D eigenvalue weighted by atomic mass is 16.6. The van der Waals surface area contributed by atoms with Crippen LogP contribution in [0.25, 0.3) is 0 Å². The van der Waals surface area contributed by atoms with Gasteiger partial charge in [0.15, 0.2) is 12.2 Å². The number of alkyl carbamates (subject to hydrolysis) is 1. The lowest BCUT2D eigenvalue weighted by molar-refractivity contribution is -0.202. The lowest BCUT2D eigenvalue weighted by Gasteiger charge is -2.44. The van der Waals surface area contributed by atoms with E-state index < -0.39 is 66.5 Å². The number of carbonyl (C=O) groups is 4. The first kappa shape index (κ1) is 23.7. The maximum Gasteiger partial charge on any atom is 0.408 e. The first-order chi connectivity index (χ1) is 12.8. The highest BCUT2D eigenvalue weighted by molar-refractivity contribution is 5.70. The molecule has 1 aliphatic carbocycles. The summed E-state index contributed by atoms with van der Waals surface area (Å²) in [5, 5.41) is 12.3. The number of aliphatic hydroxyl groups is 1. The van der Waals surface area contributed by atoms with E-state index in [1.54, 1.807) is 20.8 Å². The molecule has 1 saturated carbocycles. The number of ether oxygens (including phenoxy) is 4. The molecule has 1 fully saturated rings. The minimum atomic E-state index is -1.21. The van der Waals surface area contributed by atoms with Gasteiger partial charge in [0.05, 0.1) is 6.04 Å². The van der Waals surface area contributed by atoms with Crippen molar-refractivity contribution in [1.82, 2.24) is 5.32 Å². The number of nitrogens with one attached hydrogen (secondary N) is 1. The van der Waals surface area contributed by atoms with Gasteiger partial charge >= 0.3 is 24.0 Å². The van der Waals surface area contributed by atoms with Crippen molar-refractivity contribution in [2.24, 2.45) is 5.92 Å². The van der Waals surface area contributed by atoms with Crippen LogP contribution < -0.4 is 5.32 Å². The van der Waals surface area contributed by atoms with Gasteiger partial charge in [-0.2, -0.15) is 0 Å². The number of amides is 1. The molecule has 0 aromatic rings. The van der Waals surface area contributed by atoms with Gasteiger partial charge in [0, 0.05) is 33.3 Å². The Morgan fingerprint density at radius 3 is 1.79 bits per heavy atom. The Labute approximate surface area is 163 Å². The SMILES string of the molecule is CC(=O)O[C@H]1[C@H](OC(C)=O)[C@@H](CO)C[C@H](NC(=O)OC(C)(C)C)[C@@H]1OC(C)=O. The monoisotopic (exact) mass is 403 g/mol. The smallest absolute Gasteiger partial charge is 0.408 e. The Hall–Kier alpha value is -2.36. The van der Waals surface area contributed by atoms with E-state index in [-0.39, 0.29) is 6.42 Å². The van der Waals surface area contributed by atoms with E-state index in [0.717, 1.165) is 13.8 Å². The molecule has 0 saturated heterocycles. The number of hydrogen-bond acceptors (Lipinski definition) is 9. The average Bonchev–Trinajstić information content (AvgIpc) is 2.49. The van der Waals surface area contributed by atoms with Crippen LogP contribution >= 0.6 is 0 Å². The minimum absolute atomic E-state index is 0.101. The molecule has 10 nitrogen and oxygen atoms in total.